The Bertz CT molecular complexity index is 813. The third-order valence-corrected chi connectivity index (χ3v) is 4.14. The van der Waals surface area contributed by atoms with Gasteiger partial charge in [0.1, 0.15) is 24.9 Å². The van der Waals surface area contributed by atoms with Gasteiger partial charge in [0.15, 0.2) is 0 Å². The van der Waals surface area contributed by atoms with Gasteiger partial charge >= 0.3 is 0 Å². The number of hydrogen-bond donors (Lipinski definition) is 2. The Labute approximate surface area is 143 Å². The summed E-state index contributed by atoms with van der Waals surface area (Å²) in [7, 11) is 1.48. The molecule has 8 heteroatoms. The molecule has 2 atom stereocenters. The number of anilines is 1. The predicted molar refractivity (Wildman–Crippen MR) is 88.6 cm³/mol. The summed E-state index contributed by atoms with van der Waals surface area (Å²) in [5, 5.41) is 5.17. The number of benzene rings is 1. The Kier molecular flexibility index (Phi) is 4.60. The minimum atomic E-state index is -0.675. The van der Waals surface area contributed by atoms with E-state index in [1.165, 1.54) is 31.8 Å². The van der Waals surface area contributed by atoms with Crippen LogP contribution in [-0.4, -0.2) is 41.6 Å². The van der Waals surface area contributed by atoms with Crippen LogP contribution in [0.2, 0.25) is 0 Å². The second-order valence-corrected chi connectivity index (χ2v) is 5.70. The van der Waals surface area contributed by atoms with Crippen LogP contribution in [0.25, 0.3) is 0 Å². The molecule has 130 valence electrons. The highest BCUT2D eigenvalue weighted by molar-refractivity contribution is 6.07. The van der Waals surface area contributed by atoms with Crippen LogP contribution in [0.4, 0.5) is 10.1 Å². The maximum Gasteiger partial charge on any atom is 0.255 e. The Balaban J connectivity index is 2.00. The van der Waals surface area contributed by atoms with E-state index < -0.39 is 24.6 Å². The molecule has 0 fully saturated rings. The van der Waals surface area contributed by atoms with E-state index in [-0.39, 0.29) is 17.0 Å². The van der Waals surface area contributed by atoms with Crippen molar-refractivity contribution in [3.05, 3.63) is 47.5 Å². The Morgan fingerprint density at radius 2 is 1.96 bits per heavy atom. The van der Waals surface area contributed by atoms with Crippen molar-refractivity contribution in [2.45, 2.75) is 18.9 Å². The number of alkyl halides is 1. The number of rotatable bonds is 4. The Morgan fingerprint density at radius 3 is 2.60 bits per heavy atom. The second kappa shape index (κ2) is 6.84. The topological polar surface area (TPSA) is 93.2 Å². The number of carbonyl (C=O) groups is 2. The van der Waals surface area contributed by atoms with Gasteiger partial charge in [-0.05, 0) is 12.1 Å². The lowest BCUT2D eigenvalue weighted by Gasteiger charge is -2.11. The molecule has 7 nitrogen and oxygen atoms in total. The van der Waals surface area contributed by atoms with Gasteiger partial charge in [-0.25, -0.2) is 14.4 Å². The van der Waals surface area contributed by atoms with Crippen molar-refractivity contribution in [3.63, 3.8) is 0 Å². The van der Waals surface area contributed by atoms with Crippen LogP contribution in [0, 0.1) is 0 Å². The number of nitrogens with zero attached hydrogens (tertiary/aromatic N) is 2. The fourth-order valence-electron chi connectivity index (χ4n) is 2.74. The Hall–Kier alpha value is -3.03. The summed E-state index contributed by atoms with van der Waals surface area (Å²) in [5.74, 6) is -0.760. The van der Waals surface area contributed by atoms with Gasteiger partial charge < -0.3 is 15.4 Å². The molecule has 1 aromatic heterocycles. The summed E-state index contributed by atoms with van der Waals surface area (Å²) in [6.45, 7) is 1.13. The maximum atomic E-state index is 13.2. The minimum Gasteiger partial charge on any atom is -0.486 e. The fraction of sp³-hybridized carbons (Fsp3) is 0.294. The van der Waals surface area contributed by atoms with E-state index in [1.807, 2.05) is 0 Å². The number of fused-ring (bicyclic) bond motifs is 1. The smallest absolute Gasteiger partial charge is 0.255 e. The van der Waals surface area contributed by atoms with Crippen molar-refractivity contribution in [1.29, 1.82) is 0 Å². The molecule has 0 radical (unpaired) electrons. The average molecular weight is 344 g/mol. The maximum absolute atomic E-state index is 13.2. The molecule has 2 N–H and O–H groups in total. The lowest BCUT2D eigenvalue weighted by Crippen LogP contribution is -2.21. The molecule has 0 saturated heterocycles. The predicted octanol–water partition coefficient (Wildman–Crippen LogP) is 1.92. The van der Waals surface area contributed by atoms with E-state index in [0.29, 0.717) is 17.0 Å². The van der Waals surface area contributed by atoms with Crippen molar-refractivity contribution in [2.24, 2.45) is 0 Å². The molecule has 0 saturated carbocycles. The number of ether oxygens (including phenoxy) is 1. The number of halogens is 1. The summed E-state index contributed by atoms with van der Waals surface area (Å²) < 4.78 is 18.7. The third-order valence-electron chi connectivity index (χ3n) is 4.14. The zero-order valence-corrected chi connectivity index (χ0v) is 13.7. The van der Waals surface area contributed by atoms with Crippen molar-refractivity contribution < 1.29 is 18.7 Å². The van der Waals surface area contributed by atoms with E-state index in [0.717, 1.165) is 0 Å². The normalized spacial score (nSPS) is 18.2. The van der Waals surface area contributed by atoms with Gasteiger partial charge in [0, 0.05) is 24.1 Å². The lowest BCUT2D eigenvalue weighted by atomic mass is 9.94. The van der Waals surface area contributed by atoms with Gasteiger partial charge in [0.25, 0.3) is 11.8 Å². The third kappa shape index (κ3) is 3.15. The van der Waals surface area contributed by atoms with Gasteiger partial charge in [0.05, 0.1) is 23.6 Å². The van der Waals surface area contributed by atoms with E-state index in [9.17, 15) is 14.0 Å². The largest absolute Gasteiger partial charge is 0.486 e. The highest BCUT2D eigenvalue weighted by atomic mass is 19.1. The first kappa shape index (κ1) is 16.8. The fourth-order valence-corrected chi connectivity index (χ4v) is 2.74. The first-order chi connectivity index (χ1) is 12.0. The van der Waals surface area contributed by atoms with Crippen LogP contribution < -0.4 is 15.4 Å². The van der Waals surface area contributed by atoms with E-state index in [2.05, 4.69) is 20.6 Å². The molecule has 1 aromatic carbocycles. The molecule has 2 amide bonds. The lowest BCUT2D eigenvalue weighted by molar-refractivity contribution is 0.0955. The zero-order chi connectivity index (χ0) is 18.0. The molecule has 2 aromatic rings. The number of nitrogens with one attached hydrogen (secondary N) is 2. The quantitative estimate of drug-likeness (QED) is 0.884. The number of carbonyl (C=O) groups excluding carboxylic acids is 2. The molecule has 1 aliphatic rings. The number of amides is 2. The molecule has 0 spiro atoms. The van der Waals surface area contributed by atoms with Crippen LogP contribution in [0.15, 0.2) is 30.9 Å². The highest BCUT2D eigenvalue weighted by Crippen LogP contribution is 2.41. The van der Waals surface area contributed by atoms with Crippen LogP contribution >= 0.6 is 0 Å². The van der Waals surface area contributed by atoms with Crippen LogP contribution in [0.3, 0.4) is 0 Å². The summed E-state index contributed by atoms with van der Waals surface area (Å²) in [4.78, 5) is 32.4. The van der Waals surface area contributed by atoms with Gasteiger partial charge in [-0.3, -0.25) is 9.59 Å². The first-order valence-corrected chi connectivity index (χ1v) is 7.74. The molecular formula is C17H17FN4O3. The summed E-state index contributed by atoms with van der Waals surface area (Å²) >= 11 is 0. The van der Waals surface area contributed by atoms with E-state index in [1.54, 1.807) is 13.0 Å². The molecule has 0 aliphatic carbocycles. The molecule has 1 aliphatic heterocycles. The Morgan fingerprint density at radius 1 is 1.24 bits per heavy atom. The standard InChI is InChI=1S/C17H17FN4O3/c1-9-12-3-10(16(23)22-11-6-20-8-21-7-11)4-13(17(24)19-2)15(12)25-14(9)5-18/h3-4,6-9,14H,5H2,1-2H3,(H,19,24)(H,22,23)/t9-,14+/m0/s1. The molecule has 25 heavy (non-hydrogen) atoms. The monoisotopic (exact) mass is 344 g/mol. The van der Waals surface area contributed by atoms with Gasteiger partial charge in [-0.15, -0.1) is 0 Å². The van der Waals surface area contributed by atoms with E-state index >= 15 is 0 Å². The van der Waals surface area contributed by atoms with E-state index in [4.69, 9.17) is 4.74 Å². The van der Waals surface area contributed by atoms with Crippen molar-refractivity contribution >= 4 is 17.5 Å². The molecule has 3 rings (SSSR count). The second-order valence-electron chi connectivity index (χ2n) is 5.70. The van der Waals surface area contributed by atoms with Crippen molar-refractivity contribution in [3.8, 4) is 5.75 Å². The van der Waals surface area contributed by atoms with Crippen LogP contribution in [0.5, 0.6) is 5.75 Å². The van der Waals surface area contributed by atoms with Gasteiger partial charge in [0.2, 0.25) is 0 Å². The van der Waals surface area contributed by atoms with Crippen molar-refractivity contribution in [2.75, 3.05) is 19.0 Å². The van der Waals surface area contributed by atoms with Gasteiger partial charge in [-0.2, -0.15) is 0 Å². The molecule has 2 heterocycles. The summed E-state index contributed by atoms with van der Waals surface area (Å²) in [6.07, 6.45) is 3.61. The zero-order valence-electron chi connectivity index (χ0n) is 13.7. The van der Waals surface area contributed by atoms with Crippen LogP contribution in [-0.2, 0) is 0 Å². The first-order valence-electron chi connectivity index (χ1n) is 7.74. The summed E-state index contributed by atoms with van der Waals surface area (Å²) in [6, 6.07) is 3.06. The average Bonchev–Trinajstić information content (AvgIpc) is 2.97. The van der Waals surface area contributed by atoms with Crippen LogP contribution in [0.1, 0.15) is 39.1 Å². The molecular weight excluding hydrogens is 327 g/mol. The van der Waals surface area contributed by atoms with Crippen molar-refractivity contribution in [1.82, 2.24) is 15.3 Å². The molecule has 0 unspecified atom stereocenters. The molecule has 0 bridgehead atoms. The number of aromatic nitrogens is 2. The van der Waals surface area contributed by atoms with Gasteiger partial charge in [-0.1, -0.05) is 6.92 Å². The summed E-state index contributed by atoms with van der Waals surface area (Å²) in [5.41, 5.74) is 1.55. The number of hydrogen-bond acceptors (Lipinski definition) is 5. The minimum absolute atomic E-state index is 0.206. The highest BCUT2D eigenvalue weighted by Gasteiger charge is 2.35. The SMILES string of the molecule is CNC(=O)c1cc(C(=O)Nc2cncnc2)cc2c1O[C@H](CF)[C@H]2C.